The maximum Gasteiger partial charge on any atom is 0.416 e. The van der Waals surface area contributed by atoms with Crippen LogP contribution >= 0.6 is 0 Å². The van der Waals surface area contributed by atoms with Crippen LogP contribution in [0.15, 0.2) is 67.0 Å². The number of halogens is 3. The molecule has 2 aromatic heterocycles. The highest BCUT2D eigenvalue weighted by atomic mass is 19.4. The zero-order valence-electron chi connectivity index (χ0n) is 18.8. The van der Waals surface area contributed by atoms with Gasteiger partial charge < -0.3 is 19.7 Å². The highest BCUT2D eigenvalue weighted by molar-refractivity contribution is 6.07. The lowest BCUT2D eigenvalue weighted by Crippen LogP contribution is -2.47. The number of rotatable bonds is 5. The Morgan fingerprint density at radius 3 is 2.47 bits per heavy atom. The van der Waals surface area contributed by atoms with Crippen LogP contribution in [-0.2, 0) is 23.1 Å². The lowest BCUT2D eigenvalue weighted by atomic mass is 9.88. The van der Waals surface area contributed by atoms with Gasteiger partial charge in [0.25, 0.3) is 5.91 Å². The Kier molecular flexibility index (Phi) is 5.35. The maximum absolute atomic E-state index is 13.1. The normalized spacial score (nSPS) is 17.8. The first kappa shape index (κ1) is 23.2. The molecule has 2 aromatic carbocycles. The number of urea groups is 1. The number of imide groups is 1. The number of amides is 3. The van der Waals surface area contributed by atoms with Crippen LogP contribution in [0.5, 0.6) is 11.6 Å². The van der Waals surface area contributed by atoms with Gasteiger partial charge in [-0.1, -0.05) is 24.3 Å². The number of pyridine rings is 1. The standard InChI is InChI=1S/C25H19F3N4O4/c1-36-18-7-4-15-12-32(21(33)19(15)11-18)13-24(22(34)30-23(35)31-24)16-5-2-14(3-6-16)20-10-17(8-9-29-20)25(26,27)28/h2-12,33H,13H2,1H3,(H2,30,31,34,35)/t24-/m0/s1. The molecule has 1 aliphatic rings. The fraction of sp³-hybridized carbons (Fsp3) is 0.160. The van der Waals surface area contributed by atoms with Crippen molar-refractivity contribution in [2.75, 3.05) is 7.11 Å². The number of carbonyl (C=O) groups is 2. The van der Waals surface area contributed by atoms with Crippen LogP contribution in [-0.4, -0.2) is 33.7 Å². The first-order valence-corrected chi connectivity index (χ1v) is 10.7. The minimum absolute atomic E-state index is 0.105. The first-order valence-electron chi connectivity index (χ1n) is 10.7. The van der Waals surface area contributed by atoms with E-state index in [9.17, 15) is 27.9 Å². The molecule has 1 fully saturated rings. The van der Waals surface area contributed by atoms with Crippen molar-refractivity contribution in [3.05, 3.63) is 78.1 Å². The summed E-state index contributed by atoms with van der Waals surface area (Å²) < 4.78 is 45.9. The summed E-state index contributed by atoms with van der Waals surface area (Å²) in [6, 6.07) is 12.4. The van der Waals surface area contributed by atoms with Crippen molar-refractivity contribution < 1.29 is 32.6 Å². The van der Waals surface area contributed by atoms with Crippen molar-refractivity contribution in [3.8, 4) is 22.9 Å². The summed E-state index contributed by atoms with van der Waals surface area (Å²) in [6.07, 6.45) is -1.79. The molecular weight excluding hydrogens is 477 g/mol. The largest absolute Gasteiger partial charge is 0.497 e. The molecule has 1 atom stereocenters. The molecule has 0 spiro atoms. The van der Waals surface area contributed by atoms with Gasteiger partial charge in [0.15, 0.2) is 11.4 Å². The van der Waals surface area contributed by atoms with Crippen molar-refractivity contribution in [2.24, 2.45) is 0 Å². The molecular formula is C25H19F3N4O4. The maximum atomic E-state index is 13.1. The summed E-state index contributed by atoms with van der Waals surface area (Å²) in [5.41, 5.74) is -1.54. The average molecular weight is 496 g/mol. The van der Waals surface area contributed by atoms with Crippen LogP contribution in [0.1, 0.15) is 11.1 Å². The summed E-state index contributed by atoms with van der Waals surface area (Å²) in [7, 11) is 1.50. The Labute approximate surface area is 202 Å². The van der Waals surface area contributed by atoms with E-state index in [1.54, 1.807) is 24.4 Å². The molecule has 3 heterocycles. The minimum Gasteiger partial charge on any atom is -0.497 e. The highest BCUT2D eigenvalue weighted by Crippen LogP contribution is 2.36. The van der Waals surface area contributed by atoms with E-state index in [-0.39, 0.29) is 18.1 Å². The minimum atomic E-state index is -4.51. The average Bonchev–Trinajstić information content (AvgIpc) is 3.33. The molecule has 0 saturated carbocycles. The van der Waals surface area contributed by atoms with Crippen molar-refractivity contribution in [3.63, 3.8) is 0 Å². The summed E-state index contributed by atoms with van der Waals surface area (Å²) >= 11 is 0. The zero-order chi connectivity index (χ0) is 25.7. The Hall–Kier alpha value is -4.54. The van der Waals surface area contributed by atoms with Gasteiger partial charge in [0.1, 0.15) is 5.75 Å². The van der Waals surface area contributed by atoms with Crippen LogP contribution in [0.3, 0.4) is 0 Å². The molecule has 5 rings (SSSR count). The second kappa shape index (κ2) is 8.29. The van der Waals surface area contributed by atoms with Crippen LogP contribution in [0.2, 0.25) is 0 Å². The SMILES string of the molecule is COc1ccc2cn(C[C@@]3(c4ccc(-c5cc(C(F)(F)F)ccn5)cc4)NC(=O)NC3=O)c(O)c2c1. The van der Waals surface area contributed by atoms with E-state index in [2.05, 4.69) is 15.6 Å². The number of hydrogen-bond acceptors (Lipinski definition) is 5. The fourth-order valence-electron chi connectivity index (χ4n) is 4.32. The number of ether oxygens (including phenoxy) is 1. The molecule has 0 unspecified atom stereocenters. The van der Waals surface area contributed by atoms with E-state index < -0.39 is 29.2 Å². The lowest BCUT2D eigenvalue weighted by Gasteiger charge is -2.27. The summed E-state index contributed by atoms with van der Waals surface area (Å²) in [6.45, 7) is -0.144. The van der Waals surface area contributed by atoms with Crippen molar-refractivity contribution in [1.82, 2.24) is 20.2 Å². The van der Waals surface area contributed by atoms with Gasteiger partial charge in [-0.25, -0.2) is 4.79 Å². The van der Waals surface area contributed by atoms with Gasteiger partial charge in [0.2, 0.25) is 0 Å². The van der Waals surface area contributed by atoms with E-state index in [0.717, 1.165) is 18.3 Å². The summed E-state index contributed by atoms with van der Waals surface area (Å²) in [5, 5.41) is 16.9. The molecule has 0 radical (unpaired) electrons. The predicted molar refractivity (Wildman–Crippen MR) is 123 cm³/mol. The number of benzene rings is 2. The van der Waals surface area contributed by atoms with E-state index in [0.29, 0.717) is 27.6 Å². The van der Waals surface area contributed by atoms with Gasteiger partial charge in [0, 0.05) is 28.7 Å². The molecule has 1 saturated heterocycles. The second-order valence-corrected chi connectivity index (χ2v) is 8.35. The Morgan fingerprint density at radius 2 is 1.83 bits per heavy atom. The lowest BCUT2D eigenvalue weighted by molar-refractivity contribution is -0.137. The molecule has 8 nitrogen and oxygen atoms in total. The number of alkyl halides is 3. The molecule has 3 N–H and O–H groups in total. The van der Waals surface area contributed by atoms with Gasteiger partial charge >= 0.3 is 12.2 Å². The van der Waals surface area contributed by atoms with E-state index in [4.69, 9.17) is 4.74 Å². The monoisotopic (exact) mass is 496 g/mol. The molecule has 184 valence electrons. The molecule has 3 amide bonds. The number of methoxy groups -OCH3 is 1. The Balaban J connectivity index is 1.54. The van der Waals surface area contributed by atoms with Crippen LogP contribution in [0.25, 0.3) is 22.0 Å². The zero-order valence-corrected chi connectivity index (χ0v) is 18.8. The van der Waals surface area contributed by atoms with Gasteiger partial charge in [-0.05, 0) is 35.9 Å². The van der Waals surface area contributed by atoms with Gasteiger partial charge in [-0.2, -0.15) is 13.2 Å². The molecule has 36 heavy (non-hydrogen) atoms. The van der Waals surface area contributed by atoms with Gasteiger partial charge in [-0.15, -0.1) is 0 Å². The van der Waals surface area contributed by atoms with Crippen LogP contribution in [0, 0.1) is 0 Å². The van der Waals surface area contributed by atoms with E-state index in [1.165, 1.54) is 35.9 Å². The molecule has 4 aromatic rings. The topological polar surface area (TPSA) is 105 Å². The van der Waals surface area contributed by atoms with Gasteiger partial charge in [-0.3, -0.25) is 15.1 Å². The third-order valence-electron chi connectivity index (χ3n) is 6.18. The number of aromatic nitrogens is 2. The number of aromatic hydroxyl groups is 1. The Morgan fingerprint density at radius 1 is 1.08 bits per heavy atom. The summed E-state index contributed by atoms with van der Waals surface area (Å²) in [5.74, 6) is -0.217. The number of carbonyl (C=O) groups excluding carboxylic acids is 2. The van der Waals surface area contributed by atoms with E-state index in [1.807, 2.05) is 0 Å². The van der Waals surface area contributed by atoms with Crippen molar-refractivity contribution in [2.45, 2.75) is 18.3 Å². The predicted octanol–water partition coefficient (Wildman–Crippen LogP) is 4.17. The molecule has 0 aliphatic carbocycles. The quantitative estimate of drug-likeness (QED) is 0.360. The number of fused-ring (bicyclic) bond motifs is 1. The molecule has 11 heteroatoms. The molecule has 0 bridgehead atoms. The van der Waals surface area contributed by atoms with Gasteiger partial charge in [0.05, 0.1) is 24.9 Å². The fourth-order valence-corrected chi connectivity index (χ4v) is 4.32. The van der Waals surface area contributed by atoms with Crippen LogP contribution in [0.4, 0.5) is 18.0 Å². The first-order chi connectivity index (χ1) is 17.1. The third-order valence-corrected chi connectivity index (χ3v) is 6.18. The highest BCUT2D eigenvalue weighted by Gasteiger charge is 2.48. The van der Waals surface area contributed by atoms with E-state index >= 15 is 0 Å². The second-order valence-electron chi connectivity index (χ2n) is 8.35. The van der Waals surface area contributed by atoms with Crippen LogP contribution < -0.4 is 15.4 Å². The molecule has 1 aliphatic heterocycles. The number of nitrogens with one attached hydrogen (secondary N) is 2. The van der Waals surface area contributed by atoms with Crippen molar-refractivity contribution >= 4 is 22.7 Å². The summed E-state index contributed by atoms with van der Waals surface area (Å²) in [4.78, 5) is 29.2. The number of hydrogen-bond donors (Lipinski definition) is 3. The Bertz CT molecular complexity index is 1500. The van der Waals surface area contributed by atoms with Crippen molar-refractivity contribution in [1.29, 1.82) is 0 Å². The number of nitrogens with zero attached hydrogens (tertiary/aromatic N) is 2. The smallest absolute Gasteiger partial charge is 0.416 e. The third kappa shape index (κ3) is 3.88.